The van der Waals surface area contributed by atoms with Crippen molar-refractivity contribution in [2.75, 3.05) is 0 Å². The number of rotatable bonds is 0. The second kappa shape index (κ2) is 4.33. The first kappa shape index (κ1) is 11.9. The van der Waals surface area contributed by atoms with Crippen LogP contribution in [0, 0.1) is 0 Å². The molecule has 0 heterocycles. The van der Waals surface area contributed by atoms with Gasteiger partial charge in [-0.15, -0.1) is 0 Å². The molecule has 0 amide bonds. The Bertz CT molecular complexity index is 656. The van der Waals surface area contributed by atoms with Crippen LogP contribution < -0.4 is 0 Å². The molecule has 3 rings (SSSR count). The molecule has 0 aromatic heterocycles. The molecule has 2 aromatic rings. The SMILES string of the molecule is O=C1C=Cc2c(ccc3ccccc23)C1=O.[Li]. The minimum Gasteiger partial charge on any atom is -0.286 e. The molecule has 0 atom stereocenters. The number of fused-ring (bicyclic) bond motifs is 3. The van der Waals surface area contributed by atoms with Crippen LogP contribution in [0.5, 0.6) is 0 Å². The maximum absolute atomic E-state index is 11.7. The molecule has 0 saturated heterocycles. The van der Waals surface area contributed by atoms with Crippen molar-refractivity contribution in [1.82, 2.24) is 0 Å². The topological polar surface area (TPSA) is 34.1 Å². The van der Waals surface area contributed by atoms with Crippen molar-refractivity contribution in [2.24, 2.45) is 0 Å². The van der Waals surface area contributed by atoms with Crippen LogP contribution in [0.25, 0.3) is 16.8 Å². The van der Waals surface area contributed by atoms with Crippen LogP contribution in [0.2, 0.25) is 0 Å². The second-order valence-electron chi connectivity index (χ2n) is 3.77. The average molecular weight is 215 g/mol. The van der Waals surface area contributed by atoms with E-state index in [9.17, 15) is 9.59 Å². The quantitative estimate of drug-likeness (QED) is 0.499. The molecule has 2 aromatic carbocycles. The third-order valence-corrected chi connectivity index (χ3v) is 2.84. The largest absolute Gasteiger partial charge is 0.286 e. The second-order valence-corrected chi connectivity index (χ2v) is 3.77. The van der Waals surface area contributed by atoms with E-state index in [4.69, 9.17) is 0 Å². The van der Waals surface area contributed by atoms with Gasteiger partial charge in [-0.1, -0.05) is 30.3 Å². The Morgan fingerprint density at radius 2 is 1.59 bits per heavy atom. The summed E-state index contributed by atoms with van der Waals surface area (Å²) in [5.41, 5.74) is 1.36. The summed E-state index contributed by atoms with van der Waals surface area (Å²) in [7, 11) is 0. The van der Waals surface area contributed by atoms with E-state index in [1.165, 1.54) is 6.08 Å². The molecule has 0 saturated carbocycles. The van der Waals surface area contributed by atoms with E-state index in [1.807, 2.05) is 30.3 Å². The van der Waals surface area contributed by atoms with Crippen LogP contribution in [0.1, 0.15) is 15.9 Å². The van der Waals surface area contributed by atoms with E-state index in [0.29, 0.717) is 5.56 Å². The fourth-order valence-corrected chi connectivity index (χ4v) is 2.04. The number of Topliss-reactive ketones (excluding diaryl/α,β-unsaturated/α-hetero) is 1. The van der Waals surface area contributed by atoms with E-state index in [1.54, 1.807) is 12.1 Å². The first-order valence-electron chi connectivity index (χ1n) is 5.06. The van der Waals surface area contributed by atoms with Crippen molar-refractivity contribution < 1.29 is 9.59 Å². The van der Waals surface area contributed by atoms with Crippen molar-refractivity contribution in [3.63, 3.8) is 0 Å². The number of carbonyl (C=O) groups is 2. The Hall–Kier alpha value is -1.62. The molecule has 3 heteroatoms. The molecule has 0 unspecified atom stereocenters. The molecular formula is C14H8LiO2. The minimum atomic E-state index is -0.442. The van der Waals surface area contributed by atoms with Crippen LogP contribution in [-0.2, 0) is 4.79 Å². The summed E-state index contributed by atoms with van der Waals surface area (Å²) >= 11 is 0. The maximum Gasteiger partial charge on any atom is 0.233 e. The van der Waals surface area contributed by atoms with Crippen LogP contribution in [0.3, 0.4) is 0 Å². The Labute approximate surface area is 110 Å². The summed E-state index contributed by atoms with van der Waals surface area (Å²) in [5.74, 6) is -0.856. The van der Waals surface area contributed by atoms with E-state index in [0.717, 1.165) is 16.3 Å². The number of allylic oxidation sites excluding steroid dienone is 1. The van der Waals surface area contributed by atoms with Gasteiger partial charge < -0.3 is 0 Å². The fraction of sp³-hybridized carbons (Fsp3) is 0. The zero-order chi connectivity index (χ0) is 11.1. The number of hydrogen-bond donors (Lipinski definition) is 0. The van der Waals surface area contributed by atoms with E-state index in [-0.39, 0.29) is 18.9 Å². The Morgan fingerprint density at radius 1 is 0.824 bits per heavy atom. The Kier molecular flexibility index (Phi) is 3.02. The summed E-state index contributed by atoms with van der Waals surface area (Å²) in [6.45, 7) is 0. The van der Waals surface area contributed by atoms with Gasteiger partial charge in [-0.25, -0.2) is 0 Å². The smallest absolute Gasteiger partial charge is 0.233 e. The van der Waals surface area contributed by atoms with E-state index >= 15 is 0 Å². The number of benzene rings is 2. The minimum absolute atomic E-state index is 0. The predicted molar refractivity (Wildman–Crippen MR) is 68.1 cm³/mol. The van der Waals surface area contributed by atoms with E-state index < -0.39 is 11.6 Å². The van der Waals surface area contributed by atoms with Gasteiger partial charge in [0.15, 0.2) is 0 Å². The number of ketones is 2. The Balaban J connectivity index is 0.00000108. The van der Waals surface area contributed by atoms with Gasteiger partial charge in [0, 0.05) is 24.4 Å². The molecule has 0 spiro atoms. The van der Waals surface area contributed by atoms with Crippen molar-refractivity contribution >= 4 is 47.3 Å². The summed E-state index contributed by atoms with van der Waals surface area (Å²) in [5, 5.41) is 2.09. The molecule has 77 valence electrons. The van der Waals surface area contributed by atoms with Gasteiger partial charge in [-0.3, -0.25) is 9.59 Å². The monoisotopic (exact) mass is 215 g/mol. The first-order chi connectivity index (χ1) is 7.77. The average Bonchev–Trinajstić information content (AvgIpc) is 2.33. The standard InChI is InChI=1S/C14H8O2.Li/c15-13-8-7-11-10-4-2-1-3-9(10)5-6-12(11)14(13)16;/h1-8H;. The van der Waals surface area contributed by atoms with Gasteiger partial charge in [0.25, 0.3) is 0 Å². The third kappa shape index (κ3) is 1.76. The molecule has 1 radical (unpaired) electrons. The van der Waals surface area contributed by atoms with Crippen molar-refractivity contribution in [2.45, 2.75) is 0 Å². The van der Waals surface area contributed by atoms with Crippen LogP contribution >= 0.6 is 0 Å². The Morgan fingerprint density at radius 3 is 2.41 bits per heavy atom. The fourth-order valence-electron chi connectivity index (χ4n) is 2.04. The van der Waals surface area contributed by atoms with Crippen LogP contribution in [-0.4, -0.2) is 30.4 Å². The predicted octanol–water partition coefficient (Wildman–Crippen LogP) is 2.24. The molecule has 17 heavy (non-hydrogen) atoms. The molecule has 2 nitrogen and oxygen atoms in total. The van der Waals surface area contributed by atoms with Gasteiger partial charge in [-0.05, 0) is 34.6 Å². The molecular weight excluding hydrogens is 207 g/mol. The van der Waals surface area contributed by atoms with E-state index in [2.05, 4.69) is 0 Å². The third-order valence-electron chi connectivity index (χ3n) is 2.84. The molecule has 1 aliphatic rings. The van der Waals surface area contributed by atoms with Gasteiger partial charge in [0.05, 0.1) is 0 Å². The van der Waals surface area contributed by atoms with Crippen molar-refractivity contribution in [1.29, 1.82) is 0 Å². The van der Waals surface area contributed by atoms with Crippen LogP contribution in [0.4, 0.5) is 0 Å². The summed E-state index contributed by atoms with van der Waals surface area (Å²) in [6.07, 6.45) is 3.07. The molecule has 0 N–H and O–H groups in total. The van der Waals surface area contributed by atoms with Gasteiger partial charge in [0.2, 0.25) is 11.6 Å². The van der Waals surface area contributed by atoms with Gasteiger partial charge in [0.1, 0.15) is 0 Å². The number of hydrogen-bond acceptors (Lipinski definition) is 2. The van der Waals surface area contributed by atoms with Gasteiger partial charge in [-0.2, -0.15) is 0 Å². The van der Waals surface area contributed by atoms with Crippen LogP contribution in [0.15, 0.2) is 42.5 Å². The number of carbonyl (C=O) groups excluding carboxylic acids is 2. The summed E-state index contributed by atoms with van der Waals surface area (Å²) in [6, 6.07) is 11.4. The van der Waals surface area contributed by atoms with Gasteiger partial charge >= 0.3 is 0 Å². The molecule has 1 aliphatic carbocycles. The normalized spacial score (nSPS) is 13.4. The molecule has 0 aliphatic heterocycles. The summed E-state index contributed by atoms with van der Waals surface area (Å²) < 4.78 is 0. The maximum atomic E-state index is 11.7. The zero-order valence-electron chi connectivity index (χ0n) is 9.44. The zero-order valence-corrected chi connectivity index (χ0v) is 9.44. The summed E-state index contributed by atoms with van der Waals surface area (Å²) in [4.78, 5) is 22.9. The molecule has 0 bridgehead atoms. The first-order valence-corrected chi connectivity index (χ1v) is 5.06. The molecule has 0 fully saturated rings. The van der Waals surface area contributed by atoms with Crippen molar-refractivity contribution in [3.05, 3.63) is 53.6 Å². The van der Waals surface area contributed by atoms with Crippen molar-refractivity contribution in [3.8, 4) is 0 Å².